The van der Waals surface area contributed by atoms with Gasteiger partial charge in [-0.2, -0.15) is 0 Å². The molecule has 0 aliphatic rings. The van der Waals surface area contributed by atoms with Crippen molar-refractivity contribution in [1.82, 2.24) is 5.32 Å². The smallest absolute Gasteiger partial charge is 0.243 e. The molecule has 0 bridgehead atoms. The van der Waals surface area contributed by atoms with Crippen LogP contribution in [0.25, 0.3) is 0 Å². The van der Waals surface area contributed by atoms with Crippen LogP contribution in [-0.4, -0.2) is 35.9 Å². The molecule has 0 rings (SSSR count). The molecule has 9 heavy (non-hydrogen) atoms. The quantitative estimate of drug-likeness (QED) is 0.538. The second-order valence-electron chi connectivity index (χ2n) is 1.87. The van der Waals surface area contributed by atoms with Gasteiger partial charge in [-0.25, -0.2) is 0 Å². The summed E-state index contributed by atoms with van der Waals surface area (Å²) in [6.07, 6.45) is 1.26. The van der Waals surface area contributed by atoms with Crippen LogP contribution in [-0.2, 0) is 4.79 Å². The summed E-state index contributed by atoms with van der Waals surface area (Å²) in [6.45, 7) is 7.11. The summed E-state index contributed by atoms with van der Waals surface area (Å²) in [5.74, 6) is -0.111. The Morgan fingerprint density at radius 1 is 1.67 bits per heavy atom. The van der Waals surface area contributed by atoms with Crippen LogP contribution in [0.2, 0.25) is 0 Å². The van der Waals surface area contributed by atoms with Gasteiger partial charge in [0.15, 0.2) is 0 Å². The standard InChI is InChI=1S/C6H11NO.Sn/c1-4-6(8)7-5(2)3;/h4-5H,1H2,2-3H3,(H,7,8);. The molecule has 50 valence electrons. The molecular weight excluding hydrogens is 221 g/mol. The first kappa shape index (κ1) is 11.8. The molecule has 0 unspecified atom stereocenters. The maximum atomic E-state index is 10.4. The molecule has 1 amide bonds. The van der Waals surface area contributed by atoms with Gasteiger partial charge < -0.3 is 5.32 Å². The zero-order valence-electron chi connectivity index (χ0n) is 5.77. The molecule has 0 saturated heterocycles. The fourth-order valence-electron chi connectivity index (χ4n) is 0.343. The first-order valence-corrected chi connectivity index (χ1v) is 2.59. The summed E-state index contributed by atoms with van der Waals surface area (Å²) in [6, 6.07) is 0.209. The molecule has 0 aliphatic heterocycles. The van der Waals surface area contributed by atoms with Crippen LogP contribution in [0.1, 0.15) is 13.8 Å². The van der Waals surface area contributed by atoms with E-state index < -0.39 is 0 Å². The van der Waals surface area contributed by atoms with Gasteiger partial charge in [0.2, 0.25) is 5.91 Å². The number of hydrogen-bond acceptors (Lipinski definition) is 1. The van der Waals surface area contributed by atoms with Crippen LogP contribution < -0.4 is 5.32 Å². The zero-order valence-corrected chi connectivity index (χ0v) is 8.62. The second-order valence-corrected chi connectivity index (χ2v) is 1.87. The third-order valence-corrected chi connectivity index (χ3v) is 0.616. The average Bonchev–Trinajstić information content (AvgIpc) is 1.65. The normalized spacial score (nSPS) is 7.89. The maximum Gasteiger partial charge on any atom is 0.243 e. The van der Waals surface area contributed by atoms with Gasteiger partial charge in [0.05, 0.1) is 0 Å². The van der Waals surface area contributed by atoms with Crippen LogP contribution in [0.4, 0.5) is 0 Å². The van der Waals surface area contributed by atoms with Crippen molar-refractivity contribution in [3.63, 3.8) is 0 Å². The molecule has 4 radical (unpaired) electrons. The van der Waals surface area contributed by atoms with Crippen LogP contribution in [0, 0.1) is 0 Å². The molecule has 0 aromatic rings. The number of carbonyl (C=O) groups is 1. The fraction of sp³-hybridized carbons (Fsp3) is 0.500. The summed E-state index contributed by atoms with van der Waals surface area (Å²) >= 11 is 0. The summed E-state index contributed by atoms with van der Waals surface area (Å²) < 4.78 is 0. The van der Waals surface area contributed by atoms with Crippen LogP contribution in [0.5, 0.6) is 0 Å². The van der Waals surface area contributed by atoms with Crippen LogP contribution >= 0.6 is 0 Å². The van der Waals surface area contributed by atoms with E-state index in [-0.39, 0.29) is 35.9 Å². The Morgan fingerprint density at radius 2 is 2.11 bits per heavy atom. The minimum Gasteiger partial charge on any atom is -0.350 e. The third kappa shape index (κ3) is 8.01. The number of nitrogens with one attached hydrogen (secondary N) is 1. The van der Waals surface area contributed by atoms with Gasteiger partial charge in [-0.3, -0.25) is 4.79 Å². The van der Waals surface area contributed by atoms with Crippen molar-refractivity contribution in [2.45, 2.75) is 19.9 Å². The monoisotopic (exact) mass is 233 g/mol. The van der Waals surface area contributed by atoms with Crippen LogP contribution in [0.15, 0.2) is 12.7 Å². The van der Waals surface area contributed by atoms with E-state index in [9.17, 15) is 4.79 Å². The van der Waals surface area contributed by atoms with E-state index in [1.807, 2.05) is 13.8 Å². The number of carbonyl (C=O) groups excluding carboxylic acids is 1. The largest absolute Gasteiger partial charge is 0.350 e. The van der Waals surface area contributed by atoms with Crippen molar-refractivity contribution in [1.29, 1.82) is 0 Å². The fourth-order valence-corrected chi connectivity index (χ4v) is 0.343. The summed E-state index contributed by atoms with van der Waals surface area (Å²) in [7, 11) is 0. The Hall–Kier alpha value is 0.00870. The predicted molar refractivity (Wildman–Crippen MR) is 39.2 cm³/mol. The van der Waals surface area contributed by atoms with Gasteiger partial charge in [0.25, 0.3) is 0 Å². The van der Waals surface area contributed by atoms with E-state index in [4.69, 9.17) is 0 Å². The molecule has 0 heterocycles. The molecule has 0 aromatic carbocycles. The molecule has 0 spiro atoms. The third-order valence-electron chi connectivity index (χ3n) is 0.616. The Morgan fingerprint density at radius 3 is 2.22 bits per heavy atom. The molecule has 0 aliphatic carbocycles. The van der Waals surface area contributed by atoms with E-state index in [0.29, 0.717) is 0 Å². The van der Waals surface area contributed by atoms with Crippen molar-refractivity contribution in [3.05, 3.63) is 12.7 Å². The molecule has 0 saturated carbocycles. The SMILES string of the molecule is C=CC(=O)NC(C)C.[Sn]. The molecule has 0 aromatic heterocycles. The van der Waals surface area contributed by atoms with Gasteiger partial charge in [-0.05, 0) is 19.9 Å². The van der Waals surface area contributed by atoms with E-state index in [1.54, 1.807) is 0 Å². The van der Waals surface area contributed by atoms with Gasteiger partial charge in [-0.1, -0.05) is 6.58 Å². The van der Waals surface area contributed by atoms with Gasteiger partial charge in [0, 0.05) is 29.9 Å². The predicted octanol–water partition coefficient (Wildman–Crippen LogP) is 0.316. The van der Waals surface area contributed by atoms with Crippen molar-refractivity contribution < 1.29 is 4.79 Å². The maximum absolute atomic E-state index is 10.4. The van der Waals surface area contributed by atoms with E-state index in [2.05, 4.69) is 11.9 Å². The Bertz CT molecular complexity index is 101. The molecule has 3 heteroatoms. The zero-order chi connectivity index (χ0) is 6.57. The minimum absolute atomic E-state index is 0. The van der Waals surface area contributed by atoms with Gasteiger partial charge in [0.1, 0.15) is 0 Å². The van der Waals surface area contributed by atoms with E-state index >= 15 is 0 Å². The Kier molecular flexibility index (Phi) is 8.02. The first-order chi connectivity index (χ1) is 3.66. The van der Waals surface area contributed by atoms with Gasteiger partial charge >= 0.3 is 0 Å². The van der Waals surface area contributed by atoms with E-state index in [1.165, 1.54) is 6.08 Å². The number of hydrogen-bond donors (Lipinski definition) is 1. The van der Waals surface area contributed by atoms with E-state index in [0.717, 1.165) is 0 Å². The summed E-state index contributed by atoms with van der Waals surface area (Å²) in [5.41, 5.74) is 0. The second kappa shape index (κ2) is 6.13. The van der Waals surface area contributed by atoms with Crippen molar-refractivity contribution >= 4 is 29.8 Å². The Labute approximate surface area is 72.7 Å². The summed E-state index contributed by atoms with van der Waals surface area (Å²) in [5, 5.41) is 2.64. The number of rotatable bonds is 2. The van der Waals surface area contributed by atoms with Crippen LogP contribution in [0.3, 0.4) is 0 Å². The molecule has 1 N–H and O–H groups in total. The van der Waals surface area contributed by atoms with Crippen molar-refractivity contribution in [3.8, 4) is 0 Å². The topological polar surface area (TPSA) is 29.1 Å². The molecule has 2 nitrogen and oxygen atoms in total. The average molecular weight is 232 g/mol. The Balaban J connectivity index is 0. The van der Waals surface area contributed by atoms with Gasteiger partial charge in [-0.15, -0.1) is 0 Å². The molecular formula is C6H11NOSn. The minimum atomic E-state index is -0.111. The summed E-state index contributed by atoms with van der Waals surface area (Å²) in [4.78, 5) is 10.4. The van der Waals surface area contributed by atoms with Crippen molar-refractivity contribution in [2.75, 3.05) is 0 Å². The van der Waals surface area contributed by atoms with Crippen molar-refractivity contribution in [2.24, 2.45) is 0 Å². The molecule has 0 atom stereocenters. The number of amides is 1. The first-order valence-electron chi connectivity index (χ1n) is 2.59. The molecule has 0 fully saturated rings.